The van der Waals surface area contributed by atoms with Crippen LogP contribution in [0.4, 0.5) is 5.82 Å². The zero-order chi connectivity index (χ0) is 16.0. The minimum absolute atomic E-state index is 0.0964. The minimum Gasteiger partial charge on any atom is -0.476 e. The highest BCUT2D eigenvalue weighted by Gasteiger charge is 2.30. The van der Waals surface area contributed by atoms with E-state index in [-0.39, 0.29) is 11.7 Å². The van der Waals surface area contributed by atoms with E-state index in [9.17, 15) is 14.9 Å². The number of nitriles is 1. The van der Waals surface area contributed by atoms with Crippen molar-refractivity contribution in [2.75, 3.05) is 6.61 Å². The van der Waals surface area contributed by atoms with Crippen molar-refractivity contribution in [1.82, 2.24) is 10.3 Å². The molecule has 0 bridgehead atoms. The van der Waals surface area contributed by atoms with Crippen LogP contribution in [0.1, 0.15) is 20.8 Å². The van der Waals surface area contributed by atoms with Gasteiger partial charge in [-0.25, -0.2) is 0 Å². The van der Waals surface area contributed by atoms with E-state index >= 15 is 0 Å². The number of pyridine rings is 1. The largest absolute Gasteiger partial charge is 0.476 e. The molecule has 1 N–H and O–H groups in total. The fourth-order valence-electron chi connectivity index (χ4n) is 1.40. The molecule has 1 atom stereocenters. The summed E-state index contributed by atoms with van der Waals surface area (Å²) in [5, 5.41) is 22.4. The Balaban J connectivity index is 2.71. The van der Waals surface area contributed by atoms with Crippen molar-refractivity contribution in [3.8, 4) is 11.8 Å². The van der Waals surface area contributed by atoms with Gasteiger partial charge in [0, 0.05) is 0 Å². The van der Waals surface area contributed by atoms with Gasteiger partial charge in [0.2, 0.25) is 5.75 Å². The maximum absolute atomic E-state index is 11.8. The fraction of sp³-hybridized carbons (Fsp3) is 0.462. The molecule has 0 aliphatic rings. The van der Waals surface area contributed by atoms with Gasteiger partial charge in [-0.1, -0.05) is 13.8 Å². The molecule has 0 spiro atoms. The van der Waals surface area contributed by atoms with Gasteiger partial charge in [0.1, 0.15) is 11.7 Å². The maximum atomic E-state index is 11.8. The van der Waals surface area contributed by atoms with E-state index in [0.29, 0.717) is 0 Å². The van der Waals surface area contributed by atoms with Crippen LogP contribution in [0.5, 0.6) is 5.75 Å². The van der Waals surface area contributed by atoms with Crippen LogP contribution >= 0.6 is 0 Å². The topological polar surface area (TPSA) is 118 Å². The van der Waals surface area contributed by atoms with Gasteiger partial charge in [-0.05, 0) is 34.9 Å². The van der Waals surface area contributed by atoms with Crippen LogP contribution in [0.15, 0.2) is 18.3 Å². The molecule has 0 saturated heterocycles. The molecular formula is C13H16N4O4. The molecule has 8 heteroatoms. The van der Waals surface area contributed by atoms with Crippen LogP contribution in [-0.4, -0.2) is 28.0 Å². The molecule has 0 radical (unpaired) electrons. The summed E-state index contributed by atoms with van der Waals surface area (Å²) in [6.07, 6.45) is 1.26. The molecule has 0 saturated carbocycles. The maximum Gasteiger partial charge on any atom is 0.406 e. The first-order valence-corrected chi connectivity index (χ1v) is 6.24. The predicted molar refractivity (Wildman–Crippen MR) is 73.4 cm³/mol. The van der Waals surface area contributed by atoms with E-state index < -0.39 is 28.8 Å². The van der Waals surface area contributed by atoms with E-state index in [4.69, 9.17) is 10.00 Å². The molecule has 1 aromatic heterocycles. The average Bonchev–Trinajstić information content (AvgIpc) is 2.44. The minimum atomic E-state index is -1.03. The van der Waals surface area contributed by atoms with Crippen molar-refractivity contribution in [2.45, 2.75) is 26.3 Å². The molecule has 8 nitrogen and oxygen atoms in total. The zero-order valence-electron chi connectivity index (χ0n) is 12.0. The molecule has 1 amide bonds. The van der Waals surface area contributed by atoms with Crippen molar-refractivity contribution in [3.05, 3.63) is 28.4 Å². The molecule has 0 fully saturated rings. The average molecular weight is 292 g/mol. The van der Waals surface area contributed by atoms with Crippen molar-refractivity contribution in [1.29, 1.82) is 5.26 Å². The van der Waals surface area contributed by atoms with Crippen LogP contribution < -0.4 is 10.1 Å². The summed E-state index contributed by atoms with van der Waals surface area (Å²) < 4.78 is 5.10. The quantitative estimate of drug-likeness (QED) is 0.625. The number of carbonyl (C=O) groups is 1. The number of hydrogen-bond donors (Lipinski definition) is 1. The molecule has 1 unspecified atom stereocenters. The standard InChI is InChI=1S/C13H16N4O4/c1-9(2)13(3,8-14)16-11(18)7-21-10-5-4-6-15-12(10)17(19)20/h4-6,9H,7H2,1-3H3,(H,16,18). The summed E-state index contributed by atoms with van der Waals surface area (Å²) in [4.78, 5) is 25.4. The third kappa shape index (κ3) is 4.14. The number of ether oxygens (including phenoxy) is 1. The van der Waals surface area contributed by atoms with Gasteiger partial charge < -0.3 is 20.2 Å². The number of nitro groups is 1. The zero-order valence-corrected chi connectivity index (χ0v) is 12.0. The van der Waals surface area contributed by atoms with Gasteiger partial charge in [-0.2, -0.15) is 5.26 Å². The van der Waals surface area contributed by atoms with Crippen molar-refractivity contribution >= 4 is 11.7 Å². The monoisotopic (exact) mass is 292 g/mol. The number of nitrogens with one attached hydrogen (secondary N) is 1. The summed E-state index contributed by atoms with van der Waals surface area (Å²) in [5.74, 6) is -1.19. The van der Waals surface area contributed by atoms with Gasteiger partial charge in [0.05, 0.1) is 6.07 Å². The molecule has 1 aromatic rings. The summed E-state index contributed by atoms with van der Waals surface area (Å²) in [6.45, 7) is 4.77. The lowest BCUT2D eigenvalue weighted by molar-refractivity contribution is -0.390. The molecule has 1 rings (SSSR count). The highest BCUT2D eigenvalue weighted by atomic mass is 16.6. The second-order valence-electron chi connectivity index (χ2n) is 4.89. The van der Waals surface area contributed by atoms with E-state index in [1.54, 1.807) is 20.8 Å². The number of rotatable bonds is 6. The van der Waals surface area contributed by atoms with E-state index in [2.05, 4.69) is 10.3 Å². The summed E-state index contributed by atoms with van der Waals surface area (Å²) in [5.41, 5.74) is -1.03. The number of carbonyl (C=O) groups excluding carboxylic acids is 1. The van der Waals surface area contributed by atoms with Crippen LogP contribution in [-0.2, 0) is 4.79 Å². The van der Waals surface area contributed by atoms with Crippen LogP contribution in [0.3, 0.4) is 0 Å². The Hall–Kier alpha value is -2.69. The normalized spacial score (nSPS) is 13.1. The highest BCUT2D eigenvalue weighted by molar-refractivity contribution is 5.79. The van der Waals surface area contributed by atoms with Crippen molar-refractivity contribution in [3.63, 3.8) is 0 Å². The number of aromatic nitrogens is 1. The van der Waals surface area contributed by atoms with Gasteiger partial charge in [0.25, 0.3) is 5.91 Å². The van der Waals surface area contributed by atoms with Gasteiger partial charge in [0.15, 0.2) is 6.61 Å². The third-order valence-corrected chi connectivity index (χ3v) is 3.07. The van der Waals surface area contributed by atoms with Crippen molar-refractivity contribution in [2.24, 2.45) is 5.92 Å². The number of hydrogen-bond acceptors (Lipinski definition) is 6. The molecule has 0 aliphatic heterocycles. The van der Waals surface area contributed by atoms with E-state index in [0.717, 1.165) is 0 Å². The molecular weight excluding hydrogens is 276 g/mol. The second-order valence-corrected chi connectivity index (χ2v) is 4.89. The lowest BCUT2D eigenvalue weighted by Crippen LogP contribution is -2.50. The molecule has 0 aliphatic carbocycles. The first-order chi connectivity index (χ1) is 9.80. The summed E-state index contributed by atoms with van der Waals surface area (Å²) >= 11 is 0. The Morgan fingerprint density at radius 1 is 1.67 bits per heavy atom. The Bertz CT molecular complexity index is 582. The fourth-order valence-corrected chi connectivity index (χ4v) is 1.40. The SMILES string of the molecule is CC(C)C(C)(C#N)NC(=O)COc1cccnc1[N+](=O)[O-]. The van der Waals surface area contributed by atoms with Crippen LogP contribution in [0.25, 0.3) is 0 Å². The molecule has 21 heavy (non-hydrogen) atoms. The highest BCUT2D eigenvalue weighted by Crippen LogP contribution is 2.22. The van der Waals surface area contributed by atoms with Crippen molar-refractivity contribution < 1.29 is 14.5 Å². The van der Waals surface area contributed by atoms with Gasteiger partial charge in [-0.15, -0.1) is 0 Å². The Labute approximate surface area is 121 Å². The van der Waals surface area contributed by atoms with Crippen LogP contribution in [0.2, 0.25) is 0 Å². The Morgan fingerprint density at radius 3 is 2.86 bits per heavy atom. The molecule has 0 aromatic carbocycles. The first-order valence-electron chi connectivity index (χ1n) is 6.24. The smallest absolute Gasteiger partial charge is 0.406 e. The van der Waals surface area contributed by atoms with Gasteiger partial charge in [-0.3, -0.25) is 4.79 Å². The lowest BCUT2D eigenvalue weighted by Gasteiger charge is -2.27. The number of nitrogens with zero attached hydrogens (tertiary/aromatic N) is 3. The molecule has 112 valence electrons. The Morgan fingerprint density at radius 2 is 2.33 bits per heavy atom. The Kier molecular flexibility index (Phi) is 5.18. The van der Waals surface area contributed by atoms with Crippen LogP contribution in [0, 0.1) is 27.4 Å². The lowest BCUT2D eigenvalue weighted by atomic mass is 9.90. The first kappa shape index (κ1) is 16.4. The number of amides is 1. The summed E-state index contributed by atoms with van der Waals surface area (Å²) in [6, 6.07) is 4.85. The predicted octanol–water partition coefficient (Wildman–Crippen LogP) is 1.42. The van der Waals surface area contributed by atoms with E-state index in [1.165, 1.54) is 18.3 Å². The van der Waals surface area contributed by atoms with Gasteiger partial charge >= 0.3 is 5.82 Å². The molecule has 1 heterocycles. The second kappa shape index (κ2) is 6.65. The third-order valence-electron chi connectivity index (χ3n) is 3.07. The summed E-state index contributed by atoms with van der Waals surface area (Å²) in [7, 11) is 0. The van der Waals surface area contributed by atoms with E-state index in [1.807, 2.05) is 6.07 Å².